The Hall–Kier alpha value is -3.93. The van der Waals surface area contributed by atoms with Gasteiger partial charge in [0.2, 0.25) is 5.91 Å². The molecule has 0 aliphatic heterocycles. The lowest BCUT2D eigenvalue weighted by molar-refractivity contribution is -0.142. The number of carboxylic acids is 1. The molecule has 0 aliphatic carbocycles. The number of unbranched alkanes of at least 4 members (excludes halogenated alkanes) is 7. The molecule has 1 atom stereocenters. The lowest BCUT2D eigenvalue weighted by Crippen LogP contribution is -2.40. The van der Waals surface area contributed by atoms with Crippen molar-refractivity contribution in [3.63, 3.8) is 0 Å². The fraction of sp³-hybridized carbons (Fsp3) is 0.417. The molecule has 3 aromatic carbocycles. The summed E-state index contributed by atoms with van der Waals surface area (Å²) in [6.45, 7) is 3.15. The van der Waals surface area contributed by atoms with Crippen LogP contribution in [0.3, 0.4) is 0 Å². The van der Waals surface area contributed by atoms with Crippen LogP contribution in [-0.2, 0) is 16.1 Å². The molecule has 0 aliphatic rings. The molecular formula is C36H46N2O4. The summed E-state index contributed by atoms with van der Waals surface area (Å²) in [4.78, 5) is 39.6. The molecule has 224 valence electrons. The molecule has 2 N–H and O–H groups in total. The second-order valence-electron chi connectivity index (χ2n) is 11.0. The number of benzene rings is 3. The first kappa shape index (κ1) is 32.6. The van der Waals surface area contributed by atoms with Gasteiger partial charge in [-0.25, -0.2) is 4.79 Å². The molecule has 3 aromatic rings. The molecule has 0 fully saturated rings. The zero-order chi connectivity index (χ0) is 30.0. The smallest absolute Gasteiger partial charge is 0.326 e. The Bertz CT molecular complexity index is 1210. The number of hydrogen-bond acceptors (Lipinski definition) is 3. The highest BCUT2D eigenvalue weighted by Crippen LogP contribution is 2.21. The number of amides is 2. The number of rotatable bonds is 19. The SMILES string of the molecule is CCCCCCCCCC(=O)NC(CCCCN(Cc1ccccc1)C(=O)c1ccc(-c2ccccc2)cc1)C(=O)O. The maximum Gasteiger partial charge on any atom is 0.326 e. The van der Waals surface area contributed by atoms with Crippen molar-refractivity contribution in [3.05, 3.63) is 96.1 Å². The van der Waals surface area contributed by atoms with E-state index in [0.29, 0.717) is 44.3 Å². The van der Waals surface area contributed by atoms with Gasteiger partial charge in [0.15, 0.2) is 0 Å². The minimum absolute atomic E-state index is 0.0590. The Morgan fingerprint density at radius 1 is 0.714 bits per heavy atom. The first-order valence-corrected chi connectivity index (χ1v) is 15.5. The van der Waals surface area contributed by atoms with Crippen molar-refractivity contribution in [2.24, 2.45) is 0 Å². The van der Waals surface area contributed by atoms with Crippen molar-refractivity contribution in [1.82, 2.24) is 10.2 Å². The molecular weight excluding hydrogens is 524 g/mol. The van der Waals surface area contributed by atoms with Gasteiger partial charge in [-0.15, -0.1) is 0 Å². The normalized spacial score (nSPS) is 11.5. The van der Waals surface area contributed by atoms with Gasteiger partial charge in [-0.2, -0.15) is 0 Å². The molecule has 0 heterocycles. The zero-order valence-corrected chi connectivity index (χ0v) is 25.0. The van der Waals surface area contributed by atoms with Crippen LogP contribution in [0.2, 0.25) is 0 Å². The summed E-state index contributed by atoms with van der Waals surface area (Å²) < 4.78 is 0. The van der Waals surface area contributed by atoms with Crippen LogP contribution in [0, 0.1) is 0 Å². The van der Waals surface area contributed by atoms with Gasteiger partial charge >= 0.3 is 5.97 Å². The van der Waals surface area contributed by atoms with Crippen molar-refractivity contribution in [2.45, 2.75) is 90.1 Å². The highest BCUT2D eigenvalue weighted by atomic mass is 16.4. The number of nitrogens with one attached hydrogen (secondary N) is 1. The fourth-order valence-electron chi connectivity index (χ4n) is 5.09. The highest BCUT2D eigenvalue weighted by Gasteiger charge is 2.21. The largest absolute Gasteiger partial charge is 0.480 e. The molecule has 6 heteroatoms. The van der Waals surface area contributed by atoms with Crippen LogP contribution in [0.1, 0.15) is 93.5 Å². The second-order valence-corrected chi connectivity index (χ2v) is 11.0. The number of nitrogens with zero attached hydrogens (tertiary/aromatic N) is 1. The van der Waals surface area contributed by atoms with Crippen LogP contribution in [-0.4, -0.2) is 40.4 Å². The molecule has 2 amide bonds. The van der Waals surface area contributed by atoms with Gasteiger partial charge in [0.05, 0.1) is 0 Å². The topological polar surface area (TPSA) is 86.7 Å². The molecule has 0 aromatic heterocycles. The van der Waals surface area contributed by atoms with Gasteiger partial charge in [0.25, 0.3) is 5.91 Å². The predicted molar refractivity (Wildman–Crippen MR) is 169 cm³/mol. The first-order chi connectivity index (χ1) is 20.5. The first-order valence-electron chi connectivity index (χ1n) is 15.5. The quantitative estimate of drug-likeness (QED) is 0.144. The Labute approximate surface area is 251 Å². The van der Waals surface area contributed by atoms with Crippen LogP contribution in [0.15, 0.2) is 84.9 Å². The van der Waals surface area contributed by atoms with Crippen molar-refractivity contribution in [2.75, 3.05) is 6.54 Å². The lowest BCUT2D eigenvalue weighted by atomic mass is 10.0. The van der Waals surface area contributed by atoms with Crippen molar-refractivity contribution in [3.8, 4) is 11.1 Å². The average Bonchev–Trinajstić information content (AvgIpc) is 3.02. The fourth-order valence-corrected chi connectivity index (χ4v) is 5.09. The van der Waals surface area contributed by atoms with Crippen molar-refractivity contribution in [1.29, 1.82) is 0 Å². The summed E-state index contributed by atoms with van der Waals surface area (Å²) in [5.74, 6) is -1.27. The average molecular weight is 571 g/mol. The number of carboxylic acid groups (broad SMARTS) is 1. The predicted octanol–water partition coefficient (Wildman–Crippen LogP) is 7.88. The standard InChI is InChI=1S/C36H46N2O4/c1-2-3-4-5-6-7-14-22-34(39)37-33(36(41)42)21-15-16-27-38(28-29-17-10-8-11-18-29)35(40)32-25-23-31(24-26-32)30-19-12-9-13-20-30/h8-13,17-20,23-26,33H,2-7,14-16,21-22,27-28H2,1H3,(H,37,39)(H,41,42). The molecule has 42 heavy (non-hydrogen) atoms. The molecule has 0 saturated carbocycles. The third kappa shape index (κ3) is 11.5. The van der Waals surface area contributed by atoms with Gasteiger partial charge in [0.1, 0.15) is 6.04 Å². The van der Waals surface area contributed by atoms with E-state index in [-0.39, 0.29) is 11.8 Å². The van der Waals surface area contributed by atoms with E-state index in [1.807, 2.05) is 89.8 Å². The number of aliphatic carboxylic acids is 1. The second kappa shape index (κ2) is 18.5. The molecule has 1 unspecified atom stereocenters. The summed E-state index contributed by atoms with van der Waals surface area (Å²) in [5.41, 5.74) is 3.80. The number of hydrogen-bond donors (Lipinski definition) is 2. The van der Waals surface area contributed by atoms with Crippen molar-refractivity contribution < 1.29 is 19.5 Å². The van der Waals surface area contributed by atoms with Gasteiger partial charge in [-0.05, 0) is 54.5 Å². The lowest BCUT2D eigenvalue weighted by Gasteiger charge is -2.24. The van der Waals surface area contributed by atoms with Gasteiger partial charge < -0.3 is 15.3 Å². The summed E-state index contributed by atoms with van der Waals surface area (Å²) in [5, 5.41) is 12.4. The highest BCUT2D eigenvalue weighted by molar-refractivity contribution is 5.94. The number of carbonyl (C=O) groups is 3. The Kier molecular flexibility index (Phi) is 14.3. The Morgan fingerprint density at radius 2 is 1.31 bits per heavy atom. The molecule has 0 bridgehead atoms. The minimum Gasteiger partial charge on any atom is -0.480 e. The van der Waals surface area contributed by atoms with E-state index in [1.54, 1.807) is 0 Å². The van der Waals surface area contributed by atoms with Crippen LogP contribution < -0.4 is 5.32 Å². The van der Waals surface area contributed by atoms with E-state index in [9.17, 15) is 19.5 Å². The van der Waals surface area contributed by atoms with Crippen LogP contribution in [0.4, 0.5) is 0 Å². The maximum atomic E-state index is 13.6. The summed E-state index contributed by atoms with van der Waals surface area (Å²) >= 11 is 0. The van der Waals surface area contributed by atoms with Crippen LogP contribution in [0.25, 0.3) is 11.1 Å². The molecule has 0 radical (unpaired) electrons. The number of carbonyl (C=O) groups excluding carboxylic acids is 2. The van der Waals surface area contributed by atoms with Crippen LogP contribution >= 0.6 is 0 Å². The molecule has 0 saturated heterocycles. The van der Waals surface area contributed by atoms with E-state index < -0.39 is 12.0 Å². The maximum absolute atomic E-state index is 13.6. The van der Waals surface area contributed by atoms with Crippen molar-refractivity contribution >= 4 is 17.8 Å². The third-order valence-corrected chi connectivity index (χ3v) is 7.55. The van der Waals surface area contributed by atoms with E-state index >= 15 is 0 Å². The van der Waals surface area contributed by atoms with E-state index in [4.69, 9.17) is 0 Å². The van der Waals surface area contributed by atoms with Gasteiger partial charge in [0, 0.05) is 25.1 Å². The third-order valence-electron chi connectivity index (χ3n) is 7.55. The monoisotopic (exact) mass is 570 g/mol. The Balaban J connectivity index is 1.52. The molecule has 3 rings (SSSR count). The zero-order valence-electron chi connectivity index (χ0n) is 25.0. The summed E-state index contributed by atoms with van der Waals surface area (Å²) in [7, 11) is 0. The van der Waals surface area contributed by atoms with Gasteiger partial charge in [-0.3, -0.25) is 9.59 Å². The summed E-state index contributed by atoms with van der Waals surface area (Å²) in [6, 6.07) is 26.7. The summed E-state index contributed by atoms with van der Waals surface area (Å²) in [6.07, 6.45) is 9.70. The van der Waals surface area contributed by atoms with Crippen LogP contribution in [0.5, 0.6) is 0 Å². The van der Waals surface area contributed by atoms with E-state index in [1.165, 1.54) is 25.7 Å². The molecule has 6 nitrogen and oxygen atoms in total. The minimum atomic E-state index is -1.02. The van der Waals surface area contributed by atoms with E-state index in [0.717, 1.165) is 36.0 Å². The van der Waals surface area contributed by atoms with E-state index in [2.05, 4.69) is 12.2 Å². The molecule has 0 spiro atoms. The van der Waals surface area contributed by atoms with Gasteiger partial charge in [-0.1, -0.05) is 118 Å². The Morgan fingerprint density at radius 3 is 1.95 bits per heavy atom.